The van der Waals surface area contributed by atoms with Crippen molar-refractivity contribution in [2.45, 2.75) is 31.6 Å². The molecule has 1 amide bonds. The second-order valence-corrected chi connectivity index (χ2v) is 13.6. The van der Waals surface area contributed by atoms with Crippen LogP contribution in [0.3, 0.4) is 0 Å². The third kappa shape index (κ3) is 7.37. The van der Waals surface area contributed by atoms with Gasteiger partial charge in [0, 0.05) is 89.6 Å². The summed E-state index contributed by atoms with van der Waals surface area (Å²) in [6.45, 7) is 5.58. The molecule has 2 aliphatic heterocycles. The molecule has 2 N–H and O–H groups in total. The molecule has 0 radical (unpaired) electrons. The highest BCUT2D eigenvalue weighted by atomic mass is 35.5. The number of piperidine rings is 1. The Hall–Kier alpha value is -4.41. The largest absolute Gasteiger partial charge is 0.378 e. The number of nitrogens with zero attached hydrogens (tertiary/aromatic N) is 6. The zero-order valence-electron chi connectivity index (χ0n) is 27.9. The number of anilines is 1. The van der Waals surface area contributed by atoms with Gasteiger partial charge in [-0.25, -0.2) is 0 Å². The van der Waals surface area contributed by atoms with Gasteiger partial charge in [-0.1, -0.05) is 23.2 Å². The van der Waals surface area contributed by atoms with Crippen LogP contribution < -0.4 is 10.6 Å². The average Bonchev–Trinajstić information content (AvgIpc) is 3.75. The normalized spacial score (nSPS) is 15.3. The molecule has 2 saturated heterocycles. The Morgan fingerprint density at radius 3 is 1.92 bits per heavy atom. The summed E-state index contributed by atoms with van der Waals surface area (Å²) in [5, 5.41) is 3.92. The van der Waals surface area contributed by atoms with Crippen LogP contribution in [-0.2, 0) is 9.53 Å². The molecule has 4 aromatic heterocycles. The summed E-state index contributed by atoms with van der Waals surface area (Å²) in [5.41, 5.74) is 12.5. The van der Waals surface area contributed by atoms with Crippen LogP contribution in [0.1, 0.15) is 37.2 Å². The fraction of sp³-hybridized carbons (Fsp3) is 0.308. The summed E-state index contributed by atoms with van der Waals surface area (Å²) in [6, 6.07) is 19.9. The number of halogens is 2. The smallest absolute Gasteiger partial charge is 0.222 e. The molecule has 8 rings (SSSR count). The highest BCUT2D eigenvalue weighted by Gasteiger charge is 2.26. The first-order valence-corrected chi connectivity index (χ1v) is 18.0. The van der Waals surface area contributed by atoms with Gasteiger partial charge in [-0.15, -0.1) is 0 Å². The van der Waals surface area contributed by atoms with Gasteiger partial charge in [0.1, 0.15) is 0 Å². The highest BCUT2D eigenvalue weighted by Crippen LogP contribution is 2.36. The number of hydrogen-bond acceptors (Lipinski definition) is 6. The molecule has 6 aromatic rings. The van der Waals surface area contributed by atoms with Crippen LogP contribution in [0, 0.1) is 0 Å². The van der Waals surface area contributed by atoms with Crippen LogP contribution >= 0.6 is 23.2 Å². The van der Waals surface area contributed by atoms with Crippen molar-refractivity contribution >= 4 is 56.6 Å². The van der Waals surface area contributed by atoms with E-state index in [4.69, 9.17) is 33.7 Å². The second kappa shape index (κ2) is 15.6. The Labute approximate surface area is 302 Å². The molecular formula is C39H41Cl2N7O2. The van der Waals surface area contributed by atoms with Gasteiger partial charge in [-0.05, 0) is 98.0 Å². The monoisotopic (exact) mass is 709 g/mol. The van der Waals surface area contributed by atoms with E-state index in [1.54, 1.807) is 0 Å². The van der Waals surface area contributed by atoms with Crippen molar-refractivity contribution in [3.8, 4) is 11.4 Å². The lowest BCUT2D eigenvalue weighted by molar-refractivity contribution is -0.132. The molecule has 50 heavy (non-hydrogen) atoms. The lowest BCUT2D eigenvalue weighted by atomic mass is 9.89. The number of carbonyl (C=O) groups is 1. The third-order valence-electron chi connectivity index (χ3n) is 9.67. The fourth-order valence-corrected chi connectivity index (χ4v) is 7.27. The molecule has 2 aliphatic rings. The number of ether oxygens (including phenoxy) is 1. The maximum atomic E-state index is 12.3. The summed E-state index contributed by atoms with van der Waals surface area (Å²) in [7, 11) is 0. The Kier molecular flexibility index (Phi) is 10.7. The first-order valence-electron chi connectivity index (χ1n) is 17.2. The van der Waals surface area contributed by atoms with Gasteiger partial charge in [-0.3, -0.25) is 14.8 Å². The molecule has 9 nitrogen and oxygen atoms in total. The quantitative estimate of drug-likeness (QED) is 0.183. The lowest BCUT2D eigenvalue weighted by Gasteiger charge is -2.32. The van der Waals surface area contributed by atoms with E-state index in [-0.39, 0.29) is 5.91 Å². The fourth-order valence-electron chi connectivity index (χ4n) is 7.02. The van der Waals surface area contributed by atoms with Gasteiger partial charge in [0.2, 0.25) is 5.91 Å². The van der Waals surface area contributed by atoms with Crippen LogP contribution in [0.4, 0.5) is 5.69 Å². The summed E-state index contributed by atoms with van der Waals surface area (Å²) in [6.07, 6.45) is 15.2. The van der Waals surface area contributed by atoms with E-state index >= 15 is 0 Å². The third-order valence-corrected chi connectivity index (χ3v) is 10.2. The van der Waals surface area contributed by atoms with Gasteiger partial charge in [0.25, 0.3) is 0 Å². The van der Waals surface area contributed by atoms with Crippen molar-refractivity contribution in [1.82, 2.24) is 24.0 Å². The SMILES string of the molecule is Clc1ccc(-n2cc(N3CCOCC3)c3ccncc32)cc1.NCCCC(=O)N1CCC(c2cn(-c3ccc(Cl)cc3)c3cnccc23)CC1. The Bertz CT molecular complexity index is 2050. The number of pyridine rings is 2. The van der Waals surface area contributed by atoms with E-state index in [0.29, 0.717) is 18.9 Å². The van der Waals surface area contributed by atoms with Gasteiger partial charge < -0.3 is 29.4 Å². The van der Waals surface area contributed by atoms with Gasteiger partial charge in [-0.2, -0.15) is 0 Å². The van der Waals surface area contributed by atoms with E-state index in [1.165, 1.54) is 22.0 Å². The molecule has 2 aromatic carbocycles. The predicted octanol–water partition coefficient (Wildman–Crippen LogP) is 7.64. The molecular weight excluding hydrogens is 669 g/mol. The Morgan fingerprint density at radius 2 is 1.32 bits per heavy atom. The molecule has 0 spiro atoms. The minimum atomic E-state index is 0.233. The first-order chi connectivity index (χ1) is 24.5. The minimum absolute atomic E-state index is 0.233. The van der Waals surface area contributed by atoms with E-state index in [1.807, 2.05) is 78.2 Å². The van der Waals surface area contributed by atoms with Crippen LogP contribution in [-0.4, -0.2) is 75.8 Å². The highest BCUT2D eigenvalue weighted by molar-refractivity contribution is 6.30. The predicted molar refractivity (Wildman–Crippen MR) is 202 cm³/mol. The average molecular weight is 711 g/mol. The number of carbonyl (C=O) groups excluding carboxylic acids is 1. The van der Waals surface area contributed by atoms with Crippen molar-refractivity contribution in [1.29, 1.82) is 0 Å². The number of hydrogen-bond donors (Lipinski definition) is 1. The zero-order chi connectivity index (χ0) is 34.5. The number of morpholine rings is 1. The zero-order valence-corrected chi connectivity index (χ0v) is 29.4. The topological polar surface area (TPSA) is 94.4 Å². The molecule has 0 saturated carbocycles. The molecule has 258 valence electrons. The molecule has 0 bridgehead atoms. The molecule has 6 heterocycles. The number of rotatable bonds is 7. The first kappa shape index (κ1) is 34.1. The molecule has 0 unspecified atom stereocenters. The summed E-state index contributed by atoms with van der Waals surface area (Å²) < 4.78 is 9.82. The van der Waals surface area contributed by atoms with Crippen molar-refractivity contribution in [2.24, 2.45) is 5.73 Å². The Balaban J connectivity index is 0.000000161. The van der Waals surface area contributed by atoms with E-state index in [2.05, 4.69) is 48.5 Å². The molecule has 2 fully saturated rings. The number of likely N-dealkylation sites (tertiary alicyclic amines) is 1. The number of aromatic nitrogens is 4. The van der Waals surface area contributed by atoms with E-state index in [9.17, 15) is 4.79 Å². The Morgan fingerprint density at radius 1 is 0.760 bits per heavy atom. The van der Waals surface area contributed by atoms with Crippen molar-refractivity contribution in [3.63, 3.8) is 0 Å². The number of fused-ring (bicyclic) bond motifs is 2. The maximum absolute atomic E-state index is 12.3. The summed E-state index contributed by atoms with van der Waals surface area (Å²) in [4.78, 5) is 25.3. The van der Waals surface area contributed by atoms with Crippen LogP contribution in [0.5, 0.6) is 0 Å². The van der Waals surface area contributed by atoms with Crippen LogP contribution in [0.2, 0.25) is 10.0 Å². The van der Waals surface area contributed by atoms with Crippen LogP contribution in [0.25, 0.3) is 33.2 Å². The molecule has 0 aliphatic carbocycles. The van der Waals surface area contributed by atoms with Crippen LogP contribution in [0.15, 0.2) is 97.8 Å². The minimum Gasteiger partial charge on any atom is -0.378 e. The summed E-state index contributed by atoms with van der Waals surface area (Å²) in [5.74, 6) is 0.675. The van der Waals surface area contributed by atoms with Crippen molar-refractivity contribution < 1.29 is 9.53 Å². The van der Waals surface area contributed by atoms with E-state index in [0.717, 1.165) is 91.1 Å². The molecule has 11 heteroatoms. The van der Waals surface area contributed by atoms with Gasteiger partial charge in [0.15, 0.2) is 0 Å². The number of nitrogens with two attached hydrogens (primary N) is 1. The van der Waals surface area contributed by atoms with Crippen molar-refractivity contribution in [3.05, 3.63) is 113 Å². The number of amides is 1. The van der Waals surface area contributed by atoms with E-state index < -0.39 is 0 Å². The van der Waals surface area contributed by atoms with Gasteiger partial charge >= 0.3 is 0 Å². The molecule has 0 atom stereocenters. The standard InChI is InChI=1S/C22H25ClN4O.C17H16ClN3O/c23-17-3-5-18(6-4-17)27-15-20(19-7-11-25-14-21(19)27)16-8-12-26(13-9-16)22(28)2-1-10-24;18-13-1-3-14(4-2-13)21-12-17(20-7-9-22-10-8-20)15-5-6-19-11-16(15)21/h3-7,11,14-16H,1-2,8-10,12-13,24H2;1-6,11-12H,7-10H2. The second-order valence-electron chi connectivity index (χ2n) is 12.7. The van der Waals surface area contributed by atoms with Crippen molar-refractivity contribution in [2.75, 3.05) is 50.8 Å². The number of benzene rings is 2. The summed E-state index contributed by atoms with van der Waals surface area (Å²) >= 11 is 12.1. The maximum Gasteiger partial charge on any atom is 0.222 e. The van der Waals surface area contributed by atoms with Gasteiger partial charge in [0.05, 0.1) is 42.3 Å². The lowest BCUT2D eigenvalue weighted by Crippen LogP contribution is -2.38.